The number of hydrogen-bond donors (Lipinski definition) is 1. The fourth-order valence-electron chi connectivity index (χ4n) is 2.65. The van der Waals surface area contributed by atoms with Gasteiger partial charge < -0.3 is 4.98 Å². The second-order valence-corrected chi connectivity index (χ2v) is 5.87. The second-order valence-electron chi connectivity index (χ2n) is 5.34. The molecule has 0 bridgehead atoms. The highest BCUT2D eigenvalue weighted by Gasteiger charge is 2.17. The lowest BCUT2D eigenvalue weighted by atomic mass is 10.1. The summed E-state index contributed by atoms with van der Waals surface area (Å²) >= 11 is 1.03. The first-order chi connectivity index (χ1) is 12.0. The summed E-state index contributed by atoms with van der Waals surface area (Å²) in [4.78, 5) is 37.6. The number of nitrogens with one attached hydrogen (secondary N) is 1. The first-order valence-corrected chi connectivity index (χ1v) is 7.89. The lowest BCUT2D eigenvalue weighted by molar-refractivity contribution is -0.384. The number of imidazole rings is 1. The zero-order chi connectivity index (χ0) is 17.6. The van der Waals surface area contributed by atoms with Gasteiger partial charge in [0.2, 0.25) is 0 Å². The predicted octanol–water partition coefficient (Wildman–Crippen LogP) is 2.13. The summed E-state index contributed by atoms with van der Waals surface area (Å²) in [5, 5.41) is 10.7. The molecule has 2 aromatic carbocycles. The molecule has 0 aliphatic carbocycles. The molecule has 0 unspecified atom stereocenters. The van der Waals surface area contributed by atoms with Gasteiger partial charge in [-0.3, -0.25) is 19.5 Å². The number of rotatable bonds is 4. The highest BCUT2D eigenvalue weighted by Crippen LogP contribution is 2.22. The van der Waals surface area contributed by atoms with Gasteiger partial charge in [-0.2, -0.15) is 8.75 Å². The Hall–Kier alpha value is -3.40. The van der Waals surface area contributed by atoms with Crippen molar-refractivity contribution in [2.45, 2.75) is 6.54 Å². The number of nitrogens with zero attached hydrogens (tertiary/aromatic N) is 4. The zero-order valence-corrected chi connectivity index (χ0v) is 13.3. The van der Waals surface area contributed by atoms with E-state index >= 15 is 0 Å². The van der Waals surface area contributed by atoms with E-state index in [1.807, 2.05) is 0 Å². The number of nitro benzene ring substituents is 1. The summed E-state index contributed by atoms with van der Waals surface area (Å²) in [6.45, 7) is -0.201. The standard InChI is InChI=1S/C15H9N5O4S/c21-12(8-1-3-9(4-2-8)20(23)24)7-19-14-11(16-15(19)22)6-5-10-13(14)18-25-17-10/h1-6H,7H2,(H,16,22). The monoisotopic (exact) mass is 355 g/mol. The van der Waals surface area contributed by atoms with Crippen molar-refractivity contribution in [3.8, 4) is 0 Å². The van der Waals surface area contributed by atoms with Gasteiger partial charge in [-0.05, 0) is 24.3 Å². The van der Waals surface area contributed by atoms with Gasteiger partial charge in [0.1, 0.15) is 11.0 Å². The Morgan fingerprint density at radius 3 is 2.68 bits per heavy atom. The molecule has 0 saturated carbocycles. The maximum absolute atomic E-state index is 12.5. The van der Waals surface area contributed by atoms with Crippen molar-refractivity contribution in [2.24, 2.45) is 0 Å². The number of fused-ring (bicyclic) bond motifs is 3. The summed E-state index contributed by atoms with van der Waals surface area (Å²) in [6.07, 6.45) is 0. The molecule has 0 amide bonds. The van der Waals surface area contributed by atoms with Gasteiger partial charge >= 0.3 is 5.69 Å². The van der Waals surface area contributed by atoms with Gasteiger partial charge in [-0.15, -0.1) is 0 Å². The van der Waals surface area contributed by atoms with Crippen molar-refractivity contribution in [1.29, 1.82) is 0 Å². The van der Waals surface area contributed by atoms with Crippen molar-refractivity contribution < 1.29 is 9.72 Å². The molecule has 10 heteroatoms. The number of benzene rings is 2. The predicted molar refractivity (Wildman–Crippen MR) is 91.0 cm³/mol. The van der Waals surface area contributed by atoms with E-state index in [1.54, 1.807) is 12.1 Å². The lowest BCUT2D eigenvalue weighted by Gasteiger charge is -2.03. The smallest absolute Gasteiger partial charge is 0.305 e. The molecule has 4 aromatic rings. The number of Topliss-reactive ketones (excluding diaryl/α,β-unsaturated/α-hetero) is 1. The van der Waals surface area contributed by atoms with E-state index in [0.29, 0.717) is 22.1 Å². The Kier molecular flexibility index (Phi) is 3.39. The van der Waals surface area contributed by atoms with Gasteiger partial charge in [-0.25, -0.2) is 4.79 Å². The quantitative estimate of drug-likeness (QED) is 0.340. The zero-order valence-electron chi connectivity index (χ0n) is 12.5. The van der Waals surface area contributed by atoms with Crippen LogP contribution in [-0.2, 0) is 6.54 Å². The Labute approximate surface area is 143 Å². The number of H-pyrrole nitrogens is 1. The summed E-state index contributed by atoms with van der Waals surface area (Å²) in [5.74, 6) is -0.335. The minimum atomic E-state index is -0.537. The van der Waals surface area contributed by atoms with Crippen LogP contribution in [0.15, 0.2) is 41.2 Å². The van der Waals surface area contributed by atoms with Crippen LogP contribution >= 0.6 is 11.7 Å². The van der Waals surface area contributed by atoms with E-state index in [1.165, 1.54) is 28.8 Å². The maximum Gasteiger partial charge on any atom is 0.326 e. The Bertz CT molecular complexity index is 1190. The summed E-state index contributed by atoms with van der Waals surface area (Å²) in [6, 6.07) is 8.73. The van der Waals surface area contributed by atoms with Gasteiger partial charge in [0.15, 0.2) is 5.78 Å². The van der Waals surface area contributed by atoms with Crippen LogP contribution in [0.3, 0.4) is 0 Å². The second kappa shape index (κ2) is 5.60. The molecule has 0 aliphatic rings. The molecular weight excluding hydrogens is 346 g/mol. The van der Waals surface area contributed by atoms with Gasteiger partial charge in [-0.1, -0.05) is 0 Å². The van der Waals surface area contributed by atoms with Crippen molar-refractivity contribution in [1.82, 2.24) is 18.3 Å². The first-order valence-electron chi connectivity index (χ1n) is 7.16. The molecule has 124 valence electrons. The van der Waals surface area contributed by atoms with E-state index in [4.69, 9.17) is 0 Å². The van der Waals surface area contributed by atoms with Crippen molar-refractivity contribution in [3.63, 3.8) is 0 Å². The summed E-state index contributed by atoms with van der Waals surface area (Å²) in [5.41, 5.74) is 2.05. The van der Waals surface area contributed by atoms with Crippen LogP contribution in [0.5, 0.6) is 0 Å². The average molecular weight is 355 g/mol. The molecule has 0 spiro atoms. The van der Waals surface area contributed by atoms with Gasteiger partial charge in [0.25, 0.3) is 5.69 Å². The SMILES string of the molecule is O=C(Cn1c(=O)[nH]c2ccc3nsnc3c21)c1ccc([N+](=O)[O-])cc1. The van der Waals surface area contributed by atoms with E-state index < -0.39 is 10.6 Å². The molecule has 0 fully saturated rings. The molecule has 0 saturated heterocycles. The highest BCUT2D eigenvalue weighted by atomic mass is 32.1. The number of nitro groups is 1. The lowest BCUT2D eigenvalue weighted by Crippen LogP contribution is -2.22. The fourth-order valence-corrected chi connectivity index (χ4v) is 3.19. The highest BCUT2D eigenvalue weighted by molar-refractivity contribution is 7.00. The average Bonchev–Trinajstić information content (AvgIpc) is 3.19. The first kappa shape index (κ1) is 15.1. The van der Waals surface area contributed by atoms with Crippen molar-refractivity contribution >= 4 is 45.3 Å². The Balaban J connectivity index is 1.76. The summed E-state index contributed by atoms with van der Waals surface area (Å²) < 4.78 is 9.64. The minimum absolute atomic E-state index is 0.101. The molecular formula is C15H9N5O4S. The number of ketones is 1. The van der Waals surface area contributed by atoms with E-state index in [0.717, 1.165) is 11.7 Å². The number of aromatic nitrogens is 4. The van der Waals surface area contributed by atoms with Crippen molar-refractivity contribution in [2.75, 3.05) is 0 Å². The third-order valence-corrected chi connectivity index (χ3v) is 4.40. The largest absolute Gasteiger partial charge is 0.326 e. The molecule has 0 radical (unpaired) electrons. The van der Waals surface area contributed by atoms with Crippen LogP contribution in [0.2, 0.25) is 0 Å². The topological polar surface area (TPSA) is 124 Å². The van der Waals surface area contributed by atoms with E-state index in [-0.39, 0.29) is 23.6 Å². The number of carbonyl (C=O) groups is 1. The molecule has 25 heavy (non-hydrogen) atoms. The molecule has 0 atom stereocenters. The molecule has 2 heterocycles. The van der Waals surface area contributed by atoms with Crippen molar-refractivity contribution in [3.05, 3.63) is 62.6 Å². The number of non-ortho nitro benzene ring substituents is 1. The van der Waals surface area contributed by atoms with E-state index in [9.17, 15) is 19.7 Å². The Morgan fingerprint density at radius 2 is 1.96 bits per heavy atom. The van der Waals surface area contributed by atoms with Crippen LogP contribution < -0.4 is 5.69 Å². The fraction of sp³-hybridized carbons (Fsp3) is 0.0667. The summed E-state index contributed by atoms with van der Waals surface area (Å²) in [7, 11) is 0. The number of carbonyl (C=O) groups excluding carboxylic acids is 1. The minimum Gasteiger partial charge on any atom is -0.305 e. The third-order valence-electron chi connectivity index (χ3n) is 3.86. The van der Waals surface area contributed by atoms with Crippen LogP contribution in [0.4, 0.5) is 5.69 Å². The van der Waals surface area contributed by atoms with Crippen LogP contribution in [0.25, 0.3) is 22.1 Å². The number of aromatic amines is 1. The van der Waals surface area contributed by atoms with Gasteiger partial charge in [0, 0.05) is 17.7 Å². The Morgan fingerprint density at radius 1 is 1.20 bits per heavy atom. The van der Waals surface area contributed by atoms with Crippen LogP contribution in [-0.4, -0.2) is 29.0 Å². The van der Waals surface area contributed by atoms with Crippen LogP contribution in [0.1, 0.15) is 10.4 Å². The third kappa shape index (κ3) is 2.48. The maximum atomic E-state index is 12.5. The molecule has 0 aliphatic heterocycles. The molecule has 4 rings (SSSR count). The van der Waals surface area contributed by atoms with Crippen LogP contribution in [0, 0.1) is 10.1 Å². The normalized spacial score (nSPS) is 11.2. The molecule has 2 aromatic heterocycles. The number of hydrogen-bond acceptors (Lipinski definition) is 7. The van der Waals surface area contributed by atoms with E-state index in [2.05, 4.69) is 13.7 Å². The molecule has 1 N–H and O–H groups in total. The molecule has 9 nitrogen and oxygen atoms in total. The van der Waals surface area contributed by atoms with Gasteiger partial charge in [0.05, 0.1) is 34.2 Å².